The average molecular weight is 278 g/mol. The molecule has 0 aliphatic rings. The van der Waals surface area contributed by atoms with Gasteiger partial charge >= 0.3 is 6.09 Å². The maximum Gasteiger partial charge on any atom is 0.412 e. The fourth-order valence-electron chi connectivity index (χ4n) is 1.71. The van der Waals surface area contributed by atoms with E-state index < -0.39 is 11.7 Å². The van der Waals surface area contributed by atoms with E-state index in [0.29, 0.717) is 6.54 Å². The van der Waals surface area contributed by atoms with E-state index in [4.69, 9.17) is 10.5 Å². The molecule has 0 saturated carbocycles. The zero-order valence-corrected chi connectivity index (χ0v) is 13.3. The highest BCUT2D eigenvalue weighted by Crippen LogP contribution is 2.27. The molecule has 0 saturated heterocycles. The number of nitrogens with two attached hydrogens (primary N) is 1. The number of nitrogens with one attached hydrogen (secondary N) is 1. The van der Waals surface area contributed by atoms with Crippen LogP contribution in [0.4, 0.5) is 10.5 Å². The summed E-state index contributed by atoms with van der Waals surface area (Å²) in [4.78, 5) is 11.9. The molecule has 20 heavy (non-hydrogen) atoms. The van der Waals surface area contributed by atoms with Crippen molar-refractivity contribution in [2.75, 3.05) is 11.9 Å². The van der Waals surface area contributed by atoms with Crippen LogP contribution in [0.25, 0.3) is 0 Å². The Labute approximate surface area is 121 Å². The minimum Gasteiger partial charge on any atom is -0.444 e. The molecule has 1 aromatic rings. The normalized spacial score (nSPS) is 12.2. The van der Waals surface area contributed by atoms with Gasteiger partial charge in [-0.15, -0.1) is 0 Å². The predicted molar refractivity (Wildman–Crippen MR) is 83.1 cm³/mol. The Balaban J connectivity index is 2.96. The Morgan fingerprint density at radius 1 is 1.25 bits per heavy atom. The Morgan fingerprint density at radius 3 is 2.35 bits per heavy atom. The molecule has 0 heterocycles. The van der Waals surface area contributed by atoms with Crippen LogP contribution in [-0.2, 0) is 10.2 Å². The van der Waals surface area contributed by atoms with E-state index in [1.54, 1.807) is 0 Å². The molecule has 0 spiro atoms. The highest BCUT2D eigenvalue weighted by Gasteiger charge is 2.21. The first-order chi connectivity index (χ1) is 9.05. The summed E-state index contributed by atoms with van der Waals surface area (Å²) in [5.74, 6) is 0. The summed E-state index contributed by atoms with van der Waals surface area (Å²) in [6.07, 6.45) is -0.441. The SMILES string of the molecule is Cc1ccc(C(C)(C)CN)cc1NC(=O)OC(C)(C)C. The van der Waals surface area contributed by atoms with Crippen molar-refractivity contribution in [3.8, 4) is 0 Å². The van der Waals surface area contributed by atoms with Gasteiger partial charge in [-0.2, -0.15) is 0 Å². The van der Waals surface area contributed by atoms with Crippen LogP contribution in [0.3, 0.4) is 0 Å². The molecule has 0 aliphatic heterocycles. The molecule has 0 bridgehead atoms. The van der Waals surface area contributed by atoms with Gasteiger partial charge < -0.3 is 10.5 Å². The number of hydrogen-bond donors (Lipinski definition) is 2. The number of aryl methyl sites for hydroxylation is 1. The van der Waals surface area contributed by atoms with Crippen LogP contribution in [0.2, 0.25) is 0 Å². The number of rotatable bonds is 3. The van der Waals surface area contributed by atoms with Crippen molar-refractivity contribution in [2.24, 2.45) is 5.73 Å². The molecule has 1 aromatic carbocycles. The third-order valence-electron chi connectivity index (χ3n) is 3.16. The van der Waals surface area contributed by atoms with Crippen molar-refractivity contribution in [1.29, 1.82) is 0 Å². The van der Waals surface area contributed by atoms with Crippen molar-refractivity contribution in [2.45, 2.75) is 52.6 Å². The van der Waals surface area contributed by atoms with Gasteiger partial charge in [-0.25, -0.2) is 4.79 Å². The van der Waals surface area contributed by atoms with E-state index in [1.165, 1.54) is 0 Å². The van der Waals surface area contributed by atoms with Gasteiger partial charge in [0.25, 0.3) is 0 Å². The summed E-state index contributed by atoms with van der Waals surface area (Å²) in [6.45, 7) is 12.2. The summed E-state index contributed by atoms with van der Waals surface area (Å²) in [6, 6.07) is 5.99. The van der Waals surface area contributed by atoms with Crippen molar-refractivity contribution < 1.29 is 9.53 Å². The van der Waals surface area contributed by atoms with E-state index in [-0.39, 0.29) is 5.41 Å². The first-order valence-electron chi connectivity index (χ1n) is 6.86. The van der Waals surface area contributed by atoms with E-state index >= 15 is 0 Å². The molecule has 4 heteroatoms. The topological polar surface area (TPSA) is 64.3 Å². The molecule has 1 amide bonds. The van der Waals surface area contributed by atoms with E-state index in [9.17, 15) is 4.79 Å². The quantitative estimate of drug-likeness (QED) is 0.888. The third-order valence-corrected chi connectivity index (χ3v) is 3.16. The zero-order chi connectivity index (χ0) is 15.6. The lowest BCUT2D eigenvalue weighted by Gasteiger charge is -2.25. The zero-order valence-electron chi connectivity index (χ0n) is 13.3. The summed E-state index contributed by atoms with van der Waals surface area (Å²) < 4.78 is 5.27. The lowest BCUT2D eigenvalue weighted by atomic mass is 9.84. The molecule has 4 nitrogen and oxygen atoms in total. The molecule has 0 aromatic heterocycles. The van der Waals surface area contributed by atoms with E-state index in [0.717, 1.165) is 16.8 Å². The van der Waals surface area contributed by atoms with Crippen LogP contribution in [0.15, 0.2) is 18.2 Å². The van der Waals surface area contributed by atoms with Crippen LogP contribution in [0.1, 0.15) is 45.7 Å². The second kappa shape index (κ2) is 5.83. The van der Waals surface area contributed by atoms with Crippen LogP contribution < -0.4 is 11.1 Å². The van der Waals surface area contributed by atoms with Gasteiger partial charge in [0.05, 0.1) is 0 Å². The van der Waals surface area contributed by atoms with Gasteiger partial charge in [-0.1, -0.05) is 26.0 Å². The van der Waals surface area contributed by atoms with Crippen LogP contribution >= 0.6 is 0 Å². The smallest absolute Gasteiger partial charge is 0.412 e. The summed E-state index contributed by atoms with van der Waals surface area (Å²) in [5.41, 5.74) is 8.01. The Hall–Kier alpha value is -1.55. The van der Waals surface area contributed by atoms with E-state index in [1.807, 2.05) is 45.9 Å². The third kappa shape index (κ3) is 4.53. The average Bonchev–Trinajstić information content (AvgIpc) is 2.29. The standard InChI is InChI=1S/C16H26N2O2/c1-11-7-8-12(16(5,6)10-17)9-13(11)18-14(19)20-15(2,3)4/h7-9H,10,17H2,1-6H3,(H,18,19). The Bertz CT molecular complexity index is 488. The highest BCUT2D eigenvalue weighted by molar-refractivity contribution is 5.86. The monoisotopic (exact) mass is 278 g/mol. The van der Waals surface area contributed by atoms with Crippen LogP contribution in [0, 0.1) is 6.92 Å². The first kappa shape index (κ1) is 16.5. The van der Waals surface area contributed by atoms with E-state index in [2.05, 4.69) is 19.2 Å². The fourth-order valence-corrected chi connectivity index (χ4v) is 1.71. The molecular weight excluding hydrogens is 252 g/mol. The molecular formula is C16H26N2O2. The minimum atomic E-state index is -0.508. The maximum absolute atomic E-state index is 11.9. The number of hydrogen-bond acceptors (Lipinski definition) is 3. The molecule has 1 rings (SSSR count). The molecule has 3 N–H and O–H groups in total. The van der Waals surface area contributed by atoms with Gasteiger partial charge in [0.2, 0.25) is 0 Å². The Kier molecular flexibility index (Phi) is 4.81. The van der Waals surface area contributed by atoms with Gasteiger partial charge in [0.15, 0.2) is 0 Å². The molecule has 0 radical (unpaired) electrons. The van der Waals surface area contributed by atoms with Crippen LogP contribution in [-0.4, -0.2) is 18.2 Å². The second-order valence-corrected chi connectivity index (χ2v) is 6.74. The van der Waals surface area contributed by atoms with Crippen LogP contribution in [0.5, 0.6) is 0 Å². The number of carbonyl (C=O) groups excluding carboxylic acids is 1. The predicted octanol–water partition coefficient (Wildman–Crippen LogP) is 3.58. The molecule has 0 unspecified atom stereocenters. The largest absolute Gasteiger partial charge is 0.444 e. The summed E-state index contributed by atoms with van der Waals surface area (Å²) in [5, 5.41) is 2.80. The lowest BCUT2D eigenvalue weighted by molar-refractivity contribution is 0.0636. The summed E-state index contributed by atoms with van der Waals surface area (Å²) >= 11 is 0. The molecule has 112 valence electrons. The number of ether oxygens (including phenoxy) is 1. The number of carbonyl (C=O) groups is 1. The van der Waals surface area contributed by atoms with Crippen molar-refractivity contribution >= 4 is 11.8 Å². The highest BCUT2D eigenvalue weighted by atomic mass is 16.6. The van der Waals surface area contributed by atoms with Crippen molar-refractivity contribution in [1.82, 2.24) is 0 Å². The minimum absolute atomic E-state index is 0.127. The van der Waals surface area contributed by atoms with Crippen molar-refractivity contribution in [3.05, 3.63) is 29.3 Å². The number of amides is 1. The Morgan fingerprint density at radius 2 is 1.85 bits per heavy atom. The molecule has 0 fully saturated rings. The van der Waals surface area contributed by atoms with Gasteiger partial charge in [-0.3, -0.25) is 5.32 Å². The van der Waals surface area contributed by atoms with Gasteiger partial charge in [0.1, 0.15) is 5.60 Å². The van der Waals surface area contributed by atoms with Gasteiger partial charge in [-0.05, 0) is 44.9 Å². The fraction of sp³-hybridized carbons (Fsp3) is 0.562. The van der Waals surface area contributed by atoms with Crippen molar-refractivity contribution in [3.63, 3.8) is 0 Å². The van der Waals surface area contributed by atoms with Gasteiger partial charge in [0, 0.05) is 17.6 Å². The first-order valence-corrected chi connectivity index (χ1v) is 6.86. The summed E-state index contributed by atoms with van der Waals surface area (Å²) in [7, 11) is 0. The number of anilines is 1. The lowest BCUT2D eigenvalue weighted by Crippen LogP contribution is -2.29. The molecule has 0 atom stereocenters. The second-order valence-electron chi connectivity index (χ2n) is 6.74. The number of benzene rings is 1. The molecule has 0 aliphatic carbocycles. The maximum atomic E-state index is 11.9.